The van der Waals surface area contributed by atoms with Gasteiger partial charge in [0.15, 0.2) is 0 Å². The fourth-order valence-corrected chi connectivity index (χ4v) is 8.43. The standard InChI is InChI=1S/C52H34/c1-4-18-35(19-5-1)38-32-33-47-48(34-38)52(44-29-15-12-26-41(44)49(47)37-22-8-3-9-23-37)51-45-30-16-13-27-42(45)50(43-28-14-17-31-46(43)51)40-25-11-10-24-39(40)36-20-6-2-7-21-36/h1-34H. The van der Waals surface area contributed by atoms with Gasteiger partial charge in [0.05, 0.1) is 0 Å². The maximum Gasteiger partial charge on any atom is -0.00137 e. The Morgan fingerprint density at radius 3 is 1.08 bits per heavy atom. The lowest BCUT2D eigenvalue weighted by molar-refractivity contribution is 1.61. The first-order valence-corrected chi connectivity index (χ1v) is 18.0. The van der Waals surface area contributed by atoms with E-state index < -0.39 is 0 Å². The van der Waals surface area contributed by atoms with Crippen LogP contribution in [0.4, 0.5) is 0 Å². The first kappa shape index (κ1) is 30.1. The Bertz CT molecular complexity index is 2860. The molecule has 242 valence electrons. The van der Waals surface area contributed by atoms with E-state index in [9.17, 15) is 0 Å². The molecular weight excluding hydrogens is 625 g/mol. The molecule has 0 unspecified atom stereocenters. The van der Waals surface area contributed by atoms with Crippen molar-refractivity contribution >= 4 is 43.1 Å². The molecule has 0 radical (unpaired) electrons. The van der Waals surface area contributed by atoms with E-state index in [2.05, 4.69) is 206 Å². The van der Waals surface area contributed by atoms with Crippen LogP contribution in [0.1, 0.15) is 0 Å². The van der Waals surface area contributed by atoms with Gasteiger partial charge in [0.1, 0.15) is 0 Å². The Hall–Kier alpha value is -6.76. The Morgan fingerprint density at radius 2 is 0.538 bits per heavy atom. The molecule has 10 rings (SSSR count). The molecule has 0 bridgehead atoms. The predicted octanol–water partition coefficient (Wildman–Crippen LogP) is 14.6. The van der Waals surface area contributed by atoms with Crippen LogP contribution in [0.25, 0.3) is 98.7 Å². The van der Waals surface area contributed by atoms with Gasteiger partial charge in [-0.2, -0.15) is 0 Å². The highest BCUT2D eigenvalue weighted by atomic mass is 14.3. The molecule has 0 N–H and O–H groups in total. The lowest BCUT2D eigenvalue weighted by atomic mass is 9.80. The fraction of sp³-hybridized carbons (Fsp3) is 0. The molecule has 0 fully saturated rings. The van der Waals surface area contributed by atoms with E-state index in [1.54, 1.807) is 0 Å². The van der Waals surface area contributed by atoms with Gasteiger partial charge in [-0.1, -0.05) is 200 Å². The topological polar surface area (TPSA) is 0 Å². The Morgan fingerprint density at radius 1 is 0.173 bits per heavy atom. The minimum absolute atomic E-state index is 1.21. The second kappa shape index (κ2) is 12.5. The summed E-state index contributed by atoms with van der Waals surface area (Å²) in [6.07, 6.45) is 0. The molecule has 52 heavy (non-hydrogen) atoms. The maximum atomic E-state index is 2.43. The van der Waals surface area contributed by atoms with Crippen molar-refractivity contribution in [2.24, 2.45) is 0 Å². The van der Waals surface area contributed by atoms with Crippen molar-refractivity contribution in [3.8, 4) is 55.6 Å². The third-order valence-corrected chi connectivity index (χ3v) is 10.7. The van der Waals surface area contributed by atoms with Gasteiger partial charge in [-0.25, -0.2) is 0 Å². The molecule has 0 spiro atoms. The number of hydrogen-bond donors (Lipinski definition) is 0. The van der Waals surface area contributed by atoms with Crippen LogP contribution in [0.2, 0.25) is 0 Å². The van der Waals surface area contributed by atoms with Crippen molar-refractivity contribution in [1.29, 1.82) is 0 Å². The minimum atomic E-state index is 1.21. The van der Waals surface area contributed by atoms with E-state index in [1.165, 1.54) is 98.7 Å². The summed E-state index contributed by atoms with van der Waals surface area (Å²) in [5.74, 6) is 0. The van der Waals surface area contributed by atoms with Crippen molar-refractivity contribution in [1.82, 2.24) is 0 Å². The van der Waals surface area contributed by atoms with Gasteiger partial charge in [0.25, 0.3) is 0 Å². The van der Waals surface area contributed by atoms with Crippen LogP contribution >= 0.6 is 0 Å². The fourth-order valence-electron chi connectivity index (χ4n) is 8.43. The maximum absolute atomic E-state index is 2.43. The molecule has 0 saturated carbocycles. The van der Waals surface area contributed by atoms with E-state index >= 15 is 0 Å². The number of rotatable bonds is 5. The van der Waals surface area contributed by atoms with Crippen LogP contribution < -0.4 is 0 Å². The quantitative estimate of drug-likeness (QED) is 0.161. The molecule has 0 saturated heterocycles. The molecular formula is C52H34. The lowest BCUT2D eigenvalue weighted by Crippen LogP contribution is -1.95. The normalized spacial score (nSPS) is 11.5. The molecule has 0 amide bonds. The third-order valence-electron chi connectivity index (χ3n) is 10.7. The molecule has 0 aliphatic heterocycles. The van der Waals surface area contributed by atoms with E-state index in [4.69, 9.17) is 0 Å². The monoisotopic (exact) mass is 658 g/mol. The average molecular weight is 659 g/mol. The van der Waals surface area contributed by atoms with Crippen molar-refractivity contribution in [3.63, 3.8) is 0 Å². The first-order valence-electron chi connectivity index (χ1n) is 18.0. The molecule has 0 aliphatic carbocycles. The molecule has 0 aliphatic rings. The molecule has 0 heterocycles. The number of fused-ring (bicyclic) bond motifs is 4. The largest absolute Gasteiger partial charge is 0.0622 e. The van der Waals surface area contributed by atoms with Crippen LogP contribution in [0, 0.1) is 0 Å². The SMILES string of the molecule is c1ccc(-c2ccc3c(-c4ccccc4)c4ccccc4c(-c4c5ccccc5c(-c5ccccc5-c5ccccc5)c5ccccc45)c3c2)cc1. The van der Waals surface area contributed by atoms with E-state index in [0.29, 0.717) is 0 Å². The van der Waals surface area contributed by atoms with Gasteiger partial charge in [-0.15, -0.1) is 0 Å². The second-order valence-electron chi connectivity index (χ2n) is 13.5. The molecule has 0 nitrogen and oxygen atoms in total. The number of hydrogen-bond acceptors (Lipinski definition) is 0. The van der Waals surface area contributed by atoms with Gasteiger partial charge >= 0.3 is 0 Å². The summed E-state index contributed by atoms with van der Waals surface area (Å²) in [5, 5.41) is 10.0. The van der Waals surface area contributed by atoms with E-state index in [-0.39, 0.29) is 0 Å². The zero-order valence-corrected chi connectivity index (χ0v) is 28.6. The van der Waals surface area contributed by atoms with Gasteiger partial charge in [0, 0.05) is 0 Å². The number of benzene rings is 10. The highest BCUT2D eigenvalue weighted by molar-refractivity contribution is 6.30. The van der Waals surface area contributed by atoms with Crippen LogP contribution in [0.15, 0.2) is 206 Å². The van der Waals surface area contributed by atoms with Gasteiger partial charge < -0.3 is 0 Å². The highest BCUT2D eigenvalue weighted by Crippen LogP contribution is 2.51. The van der Waals surface area contributed by atoms with Crippen LogP contribution in [-0.2, 0) is 0 Å². The Kier molecular flexibility index (Phi) is 7.25. The van der Waals surface area contributed by atoms with E-state index in [1.807, 2.05) is 0 Å². The zero-order chi connectivity index (χ0) is 34.4. The van der Waals surface area contributed by atoms with Crippen molar-refractivity contribution < 1.29 is 0 Å². The Labute approximate surface area is 303 Å². The summed E-state index contributed by atoms with van der Waals surface area (Å²) in [6.45, 7) is 0. The molecule has 10 aromatic rings. The zero-order valence-electron chi connectivity index (χ0n) is 28.6. The van der Waals surface area contributed by atoms with Gasteiger partial charge in [-0.05, 0) is 105 Å². The Balaban J connectivity index is 1.39. The molecule has 0 atom stereocenters. The average Bonchev–Trinajstić information content (AvgIpc) is 3.23. The summed E-state index contributed by atoms with van der Waals surface area (Å²) >= 11 is 0. The molecule has 0 heteroatoms. The predicted molar refractivity (Wildman–Crippen MR) is 224 cm³/mol. The third kappa shape index (κ3) is 4.84. The smallest absolute Gasteiger partial charge is 0.00137 e. The van der Waals surface area contributed by atoms with Crippen molar-refractivity contribution in [3.05, 3.63) is 206 Å². The summed E-state index contributed by atoms with van der Waals surface area (Å²) in [7, 11) is 0. The molecule has 10 aromatic carbocycles. The van der Waals surface area contributed by atoms with Gasteiger partial charge in [0.2, 0.25) is 0 Å². The van der Waals surface area contributed by atoms with Crippen molar-refractivity contribution in [2.45, 2.75) is 0 Å². The first-order chi connectivity index (χ1) is 25.8. The van der Waals surface area contributed by atoms with Crippen LogP contribution in [0.3, 0.4) is 0 Å². The summed E-state index contributed by atoms with van der Waals surface area (Å²) in [6, 6.07) is 75.5. The van der Waals surface area contributed by atoms with E-state index in [0.717, 1.165) is 0 Å². The van der Waals surface area contributed by atoms with Crippen LogP contribution in [-0.4, -0.2) is 0 Å². The van der Waals surface area contributed by atoms with Gasteiger partial charge in [-0.3, -0.25) is 0 Å². The second-order valence-corrected chi connectivity index (χ2v) is 13.5. The van der Waals surface area contributed by atoms with Crippen LogP contribution in [0.5, 0.6) is 0 Å². The summed E-state index contributed by atoms with van der Waals surface area (Å²) in [4.78, 5) is 0. The van der Waals surface area contributed by atoms with Crippen molar-refractivity contribution in [2.75, 3.05) is 0 Å². The highest BCUT2D eigenvalue weighted by Gasteiger charge is 2.23. The summed E-state index contributed by atoms with van der Waals surface area (Å²) in [5.41, 5.74) is 12.5. The lowest BCUT2D eigenvalue weighted by Gasteiger charge is -2.23. The molecule has 0 aromatic heterocycles. The minimum Gasteiger partial charge on any atom is -0.0622 e. The summed E-state index contributed by atoms with van der Waals surface area (Å²) < 4.78 is 0.